The zero-order valence-corrected chi connectivity index (χ0v) is 16.4. The monoisotopic (exact) mass is 373 g/mol. The fourth-order valence-electron chi connectivity index (χ4n) is 5.32. The molecule has 140 valence electrons. The zero-order chi connectivity index (χ0) is 19.4. The zero-order valence-electron chi connectivity index (χ0n) is 16.4. The average molecular weight is 373 g/mol. The van der Waals surface area contributed by atoms with Crippen LogP contribution in [0, 0.1) is 0 Å². The van der Waals surface area contributed by atoms with Crippen LogP contribution < -0.4 is 5.73 Å². The molecule has 1 nitrogen and oxygen atoms in total. The van der Waals surface area contributed by atoms with E-state index < -0.39 is 0 Å². The van der Waals surface area contributed by atoms with Crippen molar-refractivity contribution < 1.29 is 0 Å². The van der Waals surface area contributed by atoms with E-state index in [1.165, 1.54) is 49.0 Å². The number of aryl methyl sites for hydroxylation is 1. The van der Waals surface area contributed by atoms with Crippen LogP contribution in [0.2, 0.25) is 0 Å². The second kappa shape index (κ2) is 6.17. The van der Waals surface area contributed by atoms with Gasteiger partial charge in [0.1, 0.15) is 0 Å². The topological polar surface area (TPSA) is 26.0 Å². The van der Waals surface area contributed by atoms with Gasteiger partial charge in [0, 0.05) is 5.54 Å². The molecule has 6 rings (SSSR count). The predicted molar refractivity (Wildman–Crippen MR) is 123 cm³/mol. The Morgan fingerprint density at radius 3 is 2.14 bits per heavy atom. The van der Waals surface area contributed by atoms with Crippen molar-refractivity contribution in [1.82, 2.24) is 0 Å². The summed E-state index contributed by atoms with van der Waals surface area (Å²) in [5, 5.41) is 7.95. The van der Waals surface area contributed by atoms with Crippen LogP contribution in [-0.4, -0.2) is 0 Å². The van der Waals surface area contributed by atoms with Gasteiger partial charge in [0.15, 0.2) is 0 Å². The third kappa shape index (κ3) is 2.51. The van der Waals surface area contributed by atoms with Gasteiger partial charge in [-0.3, -0.25) is 0 Å². The molecule has 5 aromatic carbocycles. The van der Waals surface area contributed by atoms with Crippen LogP contribution in [0.3, 0.4) is 0 Å². The number of nitrogens with two attached hydrogens (primary N) is 1. The van der Waals surface area contributed by atoms with Crippen molar-refractivity contribution in [1.29, 1.82) is 0 Å². The van der Waals surface area contributed by atoms with Gasteiger partial charge in [-0.15, -0.1) is 0 Å². The van der Waals surface area contributed by atoms with Crippen molar-refractivity contribution in [3.63, 3.8) is 0 Å². The van der Waals surface area contributed by atoms with Crippen LogP contribution in [0.4, 0.5) is 0 Å². The van der Waals surface area contributed by atoms with Gasteiger partial charge < -0.3 is 5.73 Å². The van der Waals surface area contributed by atoms with E-state index in [0.717, 1.165) is 19.3 Å². The molecule has 29 heavy (non-hydrogen) atoms. The molecule has 0 bridgehead atoms. The third-order valence-corrected chi connectivity index (χ3v) is 6.79. The van der Waals surface area contributed by atoms with Crippen molar-refractivity contribution >= 4 is 32.3 Å². The molecule has 0 aromatic heterocycles. The highest BCUT2D eigenvalue weighted by molar-refractivity contribution is 6.08. The lowest BCUT2D eigenvalue weighted by atomic mass is 9.72. The third-order valence-electron chi connectivity index (χ3n) is 6.79. The molecule has 0 saturated heterocycles. The molecular weight excluding hydrogens is 350 g/mol. The summed E-state index contributed by atoms with van der Waals surface area (Å²) in [6.07, 6.45) is 2.88. The highest BCUT2D eigenvalue weighted by Crippen LogP contribution is 2.41. The molecule has 1 aliphatic rings. The van der Waals surface area contributed by atoms with Crippen molar-refractivity contribution in [3.8, 4) is 0 Å². The molecule has 0 heterocycles. The number of rotatable bonds is 1. The van der Waals surface area contributed by atoms with Crippen LogP contribution >= 0.6 is 0 Å². The molecule has 1 aliphatic carbocycles. The summed E-state index contributed by atoms with van der Waals surface area (Å²) < 4.78 is 0. The van der Waals surface area contributed by atoms with Crippen molar-refractivity contribution in [2.24, 2.45) is 5.73 Å². The van der Waals surface area contributed by atoms with E-state index in [1.54, 1.807) is 0 Å². The lowest BCUT2D eigenvalue weighted by molar-refractivity contribution is 0.389. The molecule has 1 heteroatoms. The van der Waals surface area contributed by atoms with E-state index in [2.05, 4.69) is 91.0 Å². The van der Waals surface area contributed by atoms with Crippen LogP contribution in [0.1, 0.15) is 23.1 Å². The number of hydrogen-bond acceptors (Lipinski definition) is 1. The first kappa shape index (κ1) is 16.8. The minimum absolute atomic E-state index is 0.321. The van der Waals surface area contributed by atoms with Gasteiger partial charge in [0.05, 0.1) is 0 Å². The molecule has 0 fully saturated rings. The Morgan fingerprint density at radius 1 is 0.586 bits per heavy atom. The first-order valence-electron chi connectivity index (χ1n) is 10.4. The second-order valence-corrected chi connectivity index (χ2v) is 8.44. The van der Waals surface area contributed by atoms with Gasteiger partial charge in [0.2, 0.25) is 0 Å². The Labute approximate surface area is 170 Å². The summed E-state index contributed by atoms with van der Waals surface area (Å²) in [5.74, 6) is 0. The minimum atomic E-state index is -0.321. The highest BCUT2D eigenvalue weighted by Gasteiger charge is 2.34. The Morgan fingerprint density at radius 2 is 1.28 bits per heavy atom. The number of hydrogen-bond donors (Lipinski definition) is 1. The van der Waals surface area contributed by atoms with E-state index in [-0.39, 0.29) is 5.54 Å². The van der Waals surface area contributed by atoms with Crippen LogP contribution in [-0.2, 0) is 18.4 Å². The second-order valence-electron chi connectivity index (χ2n) is 8.44. The van der Waals surface area contributed by atoms with Gasteiger partial charge >= 0.3 is 0 Å². The molecule has 0 spiro atoms. The van der Waals surface area contributed by atoms with Crippen molar-refractivity contribution in [2.45, 2.75) is 24.8 Å². The Kier molecular flexibility index (Phi) is 3.57. The fourth-order valence-corrected chi connectivity index (χ4v) is 5.32. The molecule has 0 saturated carbocycles. The maximum atomic E-state index is 7.10. The fraction of sp³-hybridized carbons (Fsp3) is 0.143. The maximum Gasteiger partial charge on any atom is 0.0459 e. The Balaban J connectivity index is 1.51. The van der Waals surface area contributed by atoms with E-state index in [0.29, 0.717) is 0 Å². The first-order chi connectivity index (χ1) is 14.2. The highest BCUT2D eigenvalue weighted by atomic mass is 14.7. The van der Waals surface area contributed by atoms with E-state index in [9.17, 15) is 0 Å². The van der Waals surface area contributed by atoms with Gasteiger partial charge in [-0.1, -0.05) is 91.0 Å². The Hall–Kier alpha value is -3.16. The number of benzene rings is 5. The Bertz CT molecular complexity index is 1390. The molecule has 1 atom stereocenters. The summed E-state index contributed by atoms with van der Waals surface area (Å²) in [6.45, 7) is 0. The van der Waals surface area contributed by atoms with E-state index in [4.69, 9.17) is 5.73 Å². The van der Waals surface area contributed by atoms with Gasteiger partial charge in [-0.25, -0.2) is 0 Å². The quantitative estimate of drug-likeness (QED) is 0.334. The molecule has 0 aliphatic heterocycles. The van der Waals surface area contributed by atoms with Crippen LogP contribution in [0.5, 0.6) is 0 Å². The summed E-state index contributed by atoms with van der Waals surface area (Å²) >= 11 is 0. The van der Waals surface area contributed by atoms with E-state index >= 15 is 0 Å². The molecule has 5 aromatic rings. The van der Waals surface area contributed by atoms with Gasteiger partial charge in [-0.2, -0.15) is 0 Å². The minimum Gasteiger partial charge on any atom is -0.321 e. The van der Waals surface area contributed by atoms with Gasteiger partial charge in [0.25, 0.3) is 0 Å². The lowest BCUT2D eigenvalue weighted by Crippen LogP contribution is -2.42. The lowest BCUT2D eigenvalue weighted by Gasteiger charge is -2.36. The molecular formula is C28H23N. The van der Waals surface area contributed by atoms with Crippen LogP contribution in [0.15, 0.2) is 91.0 Å². The molecule has 0 amide bonds. The summed E-state index contributed by atoms with van der Waals surface area (Å²) in [7, 11) is 0. The smallest absolute Gasteiger partial charge is 0.0459 e. The van der Waals surface area contributed by atoms with Crippen molar-refractivity contribution in [3.05, 3.63) is 108 Å². The first-order valence-corrected chi connectivity index (χ1v) is 10.4. The van der Waals surface area contributed by atoms with E-state index in [1.807, 2.05) is 0 Å². The maximum absolute atomic E-state index is 7.10. The summed E-state index contributed by atoms with van der Waals surface area (Å²) in [5.41, 5.74) is 10.9. The predicted octanol–water partition coefficient (Wildman–Crippen LogP) is 6.49. The summed E-state index contributed by atoms with van der Waals surface area (Å²) in [6, 6.07) is 33.0. The molecule has 0 radical (unpaired) electrons. The van der Waals surface area contributed by atoms with Gasteiger partial charge in [-0.05, 0) is 68.3 Å². The normalized spacial score (nSPS) is 18.9. The SMILES string of the molecule is NC1(c2cccc3ccccc23)CCc2c(ccc3c2ccc2ccccc23)C1. The molecule has 2 N–H and O–H groups in total. The molecule has 1 unspecified atom stereocenters. The standard InChI is InChI=1S/C28H23N/c29-28(27-11-5-8-19-6-2-4-10-24(19)27)17-16-23-21(18-28)13-15-25-22-9-3-1-7-20(22)12-14-26(23)25/h1-15H,16-18,29H2. The largest absolute Gasteiger partial charge is 0.321 e. The van der Waals surface area contributed by atoms with Crippen LogP contribution in [0.25, 0.3) is 32.3 Å². The summed E-state index contributed by atoms with van der Waals surface area (Å²) in [4.78, 5) is 0. The van der Waals surface area contributed by atoms with Crippen molar-refractivity contribution in [2.75, 3.05) is 0 Å². The number of fused-ring (bicyclic) bond motifs is 6. The average Bonchev–Trinajstić information content (AvgIpc) is 2.78.